The van der Waals surface area contributed by atoms with Crippen molar-refractivity contribution in [2.24, 2.45) is 0 Å². The number of hydrogen-bond donors (Lipinski definition) is 1. The first-order chi connectivity index (χ1) is 17.0. The number of nitrogens with zero attached hydrogens (tertiary/aromatic N) is 3. The average Bonchev–Trinajstić information content (AvgIpc) is 3.25. The van der Waals surface area contributed by atoms with Crippen molar-refractivity contribution in [1.82, 2.24) is 9.97 Å². The molecule has 1 fully saturated rings. The van der Waals surface area contributed by atoms with Crippen LogP contribution in [0, 0.1) is 5.82 Å². The Morgan fingerprint density at radius 2 is 2.03 bits per heavy atom. The summed E-state index contributed by atoms with van der Waals surface area (Å²) in [5.74, 6) is 0.992. The summed E-state index contributed by atoms with van der Waals surface area (Å²) in [4.78, 5) is 22.3. The van der Waals surface area contributed by atoms with Crippen LogP contribution >= 0.6 is 0 Å². The number of aromatic nitrogens is 2. The molecule has 3 aromatic rings. The van der Waals surface area contributed by atoms with E-state index in [1.807, 2.05) is 6.07 Å². The Hall–Kier alpha value is -3.66. The zero-order valence-corrected chi connectivity index (χ0v) is 19.3. The zero-order valence-electron chi connectivity index (χ0n) is 19.3. The number of hydrogen-bond acceptors (Lipinski definition) is 8. The predicted octanol–water partition coefficient (Wildman–Crippen LogP) is 4.17. The van der Waals surface area contributed by atoms with E-state index in [4.69, 9.17) is 18.9 Å². The van der Waals surface area contributed by atoms with Gasteiger partial charge in [0.25, 0.3) is 0 Å². The van der Waals surface area contributed by atoms with Crippen molar-refractivity contribution in [2.45, 2.75) is 37.9 Å². The van der Waals surface area contributed by atoms with Crippen molar-refractivity contribution < 1.29 is 33.2 Å². The summed E-state index contributed by atoms with van der Waals surface area (Å²) in [5.41, 5.74) is 1.58. The molecule has 2 aromatic heterocycles. The van der Waals surface area contributed by atoms with Crippen LogP contribution in [0.15, 0.2) is 36.5 Å². The number of fused-ring (bicyclic) bond motifs is 2. The van der Waals surface area contributed by atoms with Gasteiger partial charge >= 0.3 is 6.09 Å². The highest BCUT2D eigenvalue weighted by atomic mass is 19.1. The summed E-state index contributed by atoms with van der Waals surface area (Å²) in [6.45, 7) is 1.40. The number of rotatable bonds is 8. The Labute approximate surface area is 201 Å². The molecule has 1 amide bonds. The van der Waals surface area contributed by atoms with Gasteiger partial charge in [-0.25, -0.2) is 14.2 Å². The summed E-state index contributed by atoms with van der Waals surface area (Å²) in [6, 6.07) is 8.70. The van der Waals surface area contributed by atoms with Crippen LogP contribution in [0.5, 0.6) is 17.4 Å². The minimum absolute atomic E-state index is 0.117. The average molecular weight is 483 g/mol. The van der Waals surface area contributed by atoms with E-state index in [0.29, 0.717) is 74.0 Å². The van der Waals surface area contributed by atoms with Gasteiger partial charge in [0.05, 0.1) is 37.2 Å². The van der Waals surface area contributed by atoms with E-state index < -0.39 is 18.0 Å². The first-order valence-electron chi connectivity index (χ1n) is 11.6. The highest BCUT2D eigenvalue weighted by Gasteiger charge is 2.32. The molecule has 4 heterocycles. The molecule has 184 valence electrons. The zero-order chi connectivity index (χ0) is 24.4. The molecule has 2 aliphatic heterocycles. The maximum atomic E-state index is 14.5. The first kappa shape index (κ1) is 23.1. The van der Waals surface area contributed by atoms with Gasteiger partial charge in [0.15, 0.2) is 11.5 Å². The molecule has 0 aliphatic carbocycles. The Kier molecular flexibility index (Phi) is 6.54. The summed E-state index contributed by atoms with van der Waals surface area (Å²) < 4.78 is 36.3. The summed E-state index contributed by atoms with van der Waals surface area (Å²) in [5, 5.41) is 10.7. The van der Waals surface area contributed by atoms with Crippen molar-refractivity contribution >= 4 is 22.8 Å². The lowest BCUT2D eigenvalue weighted by molar-refractivity contribution is 0.130. The van der Waals surface area contributed by atoms with Gasteiger partial charge in [-0.1, -0.05) is 6.42 Å². The largest absolute Gasteiger partial charge is 0.486 e. The number of benzene rings is 1. The molecule has 9 nitrogen and oxygen atoms in total. The third-order valence-corrected chi connectivity index (χ3v) is 6.19. The Bertz CT molecular complexity index is 1240. The van der Waals surface area contributed by atoms with E-state index in [1.165, 1.54) is 7.11 Å². The van der Waals surface area contributed by atoms with E-state index in [1.54, 1.807) is 29.2 Å². The van der Waals surface area contributed by atoms with Crippen LogP contribution in [-0.2, 0) is 4.74 Å². The Balaban J connectivity index is 1.16. The van der Waals surface area contributed by atoms with Crippen LogP contribution in [0.1, 0.15) is 37.4 Å². The Morgan fingerprint density at radius 3 is 2.86 bits per heavy atom. The quantitative estimate of drug-likeness (QED) is 0.476. The summed E-state index contributed by atoms with van der Waals surface area (Å²) >= 11 is 0. The maximum Gasteiger partial charge on any atom is 0.414 e. The van der Waals surface area contributed by atoms with Gasteiger partial charge in [-0.05, 0) is 37.5 Å². The fourth-order valence-corrected chi connectivity index (χ4v) is 4.41. The van der Waals surface area contributed by atoms with Crippen LogP contribution in [0.25, 0.3) is 11.0 Å². The molecule has 2 atom stereocenters. The molecule has 0 saturated carbocycles. The third-order valence-electron chi connectivity index (χ3n) is 6.19. The first-order valence-corrected chi connectivity index (χ1v) is 11.6. The molecule has 0 radical (unpaired) electrons. The predicted molar refractivity (Wildman–Crippen MR) is 125 cm³/mol. The van der Waals surface area contributed by atoms with E-state index in [0.717, 1.165) is 6.20 Å². The van der Waals surface area contributed by atoms with E-state index >= 15 is 0 Å². The van der Waals surface area contributed by atoms with Gasteiger partial charge < -0.3 is 24.1 Å². The van der Waals surface area contributed by atoms with Crippen LogP contribution in [-0.4, -0.2) is 54.1 Å². The van der Waals surface area contributed by atoms with Crippen molar-refractivity contribution in [2.75, 3.05) is 31.8 Å². The molecule has 35 heavy (non-hydrogen) atoms. The molecular formula is C25H26FN3O6. The van der Waals surface area contributed by atoms with E-state index in [-0.39, 0.29) is 17.2 Å². The molecule has 10 heteroatoms. The number of carbonyl (C=O) groups excluding carboxylic acids is 1. The molecule has 1 saturated heterocycles. The number of anilines is 1. The smallest absolute Gasteiger partial charge is 0.414 e. The normalized spacial score (nSPS) is 18.0. The summed E-state index contributed by atoms with van der Waals surface area (Å²) in [7, 11) is 1.47. The third kappa shape index (κ3) is 4.79. The Morgan fingerprint density at radius 1 is 1.20 bits per heavy atom. The van der Waals surface area contributed by atoms with Gasteiger partial charge in [-0.3, -0.25) is 9.88 Å². The number of carbonyl (C=O) groups is 1. The summed E-state index contributed by atoms with van der Waals surface area (Å²) in [6.07, 6.45) is 1.67. The number of cyclic esters (lactones) is 1. The number of amides is 1. The number of ether oxygens (including phenoxy) is 4. The number of pyridine rings is 2. The van der Waals surface area contributed by atoms with Crippen molar-refractivity contribution in [3.05, 3.63) is 47.9 Å². The maximum absolute atomic E-state index is 14.5. The van der Waals surface area contributed by atoms with Crippen LogP contribution in [0.3, 0.4) is 0 Å². The topological polar surface area (TPSA) is 103 Å². The molecule has 5 rings (SSSR count). The highest BCUT2D eigenvalue weighted by molar-refractivity contribution is 5.90. The number of halogens is 1. The number of aliphatic hydroxyl groups excluding tert-OH is 1. The molecule has 2 aliphatic rings. The van der Waals surface area contributed by atoms with Gasteiger partial charge in [0, 0.05) is 17.7 Å². The fourth-order valence-electron chi connectivity index (χ4n) is 4.41. The van der Waals surface area contributed by atoms with Gasteiger partial charge in [0.1, 0.15) is 30.7 Å². The number of unbranched alkanes of at least 4 members (excludes halogenated alkanes) is 1. The molecule has 0 bridgehead atoms. The molecule has 1 aromatic carbocycles. The second kappa shape index (κ2) is 9.91. The lowest BCUT2D eigenvalue weighted by Crippen LogP contribution is -2.25. The standard InChI is InChI=1S/C25H26FN3O6/c1-32-22-9-7-18-24(28-22)23(17(26)13-27-18)19(30)5-3-2-4-16-14-29(25(31)35-16)15-6-8-20-21(12-15)34-11-10-33-20/h6-9,12-13,16,19,30H,2-5,10-11,14H2,1H3/t16-,19-/m1/s1. The van der Waals surface area contributed by atoms with E-state index in [9.17, 15) is 14.3 Å². The second-order valence-electron chi connectivity index (χ2n) is 8.49. The SMILES string of the molecule is COc1ccc2ncc(F)c([C@H](O)CCCC[C@@H]3CN(c4ccc5c(c4)OCCO5)C(=O)O3)c2n1. The van der Waals surface area contributed by atoms with Crippen molar-refractivity contribution in [3.8, 4) is 17.4 Å². The van der Waals surface area contributed by atoms with Gasteiger partial charge in [0.2, 0.25) is 5.88 Å². The van der Waals surface area contributed by atoms with Gasteiger partial charge in [-0.15, -0.1) is 0 Å². The van der Waals surface area contributed by atoms with Crippen LogP contribution in [0.4, 0.5) is 14.9 Å². The lowest BCUT2D eigenvalue weighted by Gasteiger charge is -2.21. The lowest BCUT2D eigenvalue weighted by atomic mass is 10.0. The molecular weight excluding hydrogens is 457 g/mol. The van der Waals surface area contributed by atoms with Gasteiger partial charge in [-0.2, -0.15) is 0 Å². The molecule has 1 N–H and O–H groups in total. The minimum atomic E-state index is -1.04. The van der Waals surface area contributed by atoms with Crippen molar-refractivity contribution in [3.63, 3.8) is 0 Å². The van der Waals surface area contributed by atoms with Crippen LogP contribution < -0.4 is 19.1 Å². The monoisotopic (exact) mass is 483 g/mol. The number of aliphatic hydroxyl groups is 1. The second-order valence-corrected chi connectivity index (χ2v) is 8.49. The van der Waals surface area contributed by atoms with Crippen molar-refractivity contribution in [1.29, 1.82) is 0 Å². The highest BCUT2D eigenvalue weighted by Crippen LogP contribution is 2.36. The van der Waals surface area contributed by atoms with Crippen LogP contribution in [0.2, 0.25) is 0 Å². The fraction of sp³-hybridized carbons (Fsp3) is 0.400. The molecule has 0 spiro atoms. The minimum Gasteiger partial charge on any atom is -0.486 e. The number of methoxy groups -OCH3 is 1. The molecule has 0 unspecified atom stereocenters. The van der Waals surface area contributed by atoms with E-state index in [2.05, 4.69) is 9.97 Å².